The van der Waals surface area contributed by atoms with E-state index in [9.17, 15) is 13.2 Å². The van der Waals surface area contributed by atoms with Gasteiger partial charge < -0.3 is 5.11 Å². The topological polar surface area (TPSA) is 71.4 Å². The zero-order chi connectivity index (χ0) is 14.4. The summed E-state index contributed by atoms with van der Waals surface area (Å²) in [4.78, 5) is 11.5. The maximum absolute atomic E-state index is 12.0. The molecule has 2 rings (SSSR count). The van der Waals surface area contributed by atoms with Crippen LogP contribution in [0, 0.1) is 5.41 Å². The van der Waals surface area contributed by atoms with Crippen molar-refractivity contribution in [2.24, 2.45) is 5.41 Å². The third kappa shape index (κ3) is 2.62. The second-order valence-corrected chi connectivity index (χ2v) is 7.99. The number of halogens is 1. The van der Waals surface area contributed by atoms with E-state index in [2.05, 4.69) is 0 Å². The molecule has 0 aliphatic carbocycles. The van der Waals surface area contributed by atoms with Crippen LogP contribution in [0.3, 0.4) is 0 Å². The number of carboxylic acids is 1. The highest BCUT2D eigenvalue weighted by atomic mass is 35.5. The van der Waals surface area contributed by atoms with Gasteiger partial charge in [-0.1, -0.05) is 11.6 Å². The molecule has 1 aliphatic heterocycles. The second-order valence-electron chi connectivity index (χ2n) is 5.55. The lowest BCUT2D eigenvalue weighted by molar-refractivity contribution is -0.147. The molecule has 4 nitrogen and oxygen atoms in total. The fraction of sp³-hybridized carbons (Fsp3) is 0.462. The number of sulfone groups is 1. The van der Waals surface area contributed by atoms with Crippen molar-refractivity contribution in [1.29, 1.82) is 0 Å². The van der Waals surface area contributed by atoms with E-state index in [1.165, 1.54) is 6.07 Å². The molecule has 1 heterocycles. The maximum Gasteiger partial charge on any atom is 0.309 e. The first-order valence-corrected chi connectivity index (χ1v) is 7.92. The van der Waals surface area contributed by atoms with Crippen molar-refractivity contribution < 1.29 is 18.3 Å². The monoisotopic (exact) mass is 302 g/mol. The zero-order valence-electron chi connectivity index (χ0n) is 10.7. The van der Waals surface area contributed by atoms with Gasteiger partial charge in [-0.3, -0.25) is 4.79 Å². The van der Waals surface area contributed by atoms with Gasteiger partial charge in [0.2, 0.25) is 0 Å². The smallest absolute Gasteiger partial charge is 0.309 e. The van der Waals surface area contributed by atoms with Gasteiger partial charge in [-0.25, -0.2) is 8.42 Å². The summed E-state index contributed by atoms with van der Waals surface area (Å²) in [5.41, 5.74) is -0.328. The zero-order valence-corrected chi connectivity index (χ0v) is 12.3. The lowest BCUT2D eigenvalue weighted by Gasteiger charge is -2.23. The van der Waals surface area contributed by atoms with Crippen LogP contribution in [0.2, 0.25) is 5.02 Å². The Morgan fingerprint density at radius 3 is 2.68 bits per heavy atom. The number of carboxylic acid groups (broad SMARTS) is 1. The lowest BCUT2D eigenvalue weighted by Crippen LogP contribution is -2.26. The van der Waals surface area contributed by atoms with E-state index in [1.54, 1.807) is 26.0 Å². The lowest BCUT2D eigenvalue weighted by atomic mass is 9.81. The van der Waals surface area contributed by atoms with E-state index in [0.29, 0.717) is 10.6 Å². The van der Waals surface area contributed by atoms with Crippen LogP contribution in [-0.2, 0) is 14.6 Å². The summed E-state index contributed by atoms with van der Waals surface area (Å²) < 4.78 is 24.1. The first kappa shape index (κ1) is 14.3. The highest BCUT2D eigenvalue weighted by Crippen LogP contribution is 2.42. The average molecular weight is 303 g/mol. The van der Waals surface area contributed by atoms with E-state index >= 15 is 0 Å². The van der Waals surface area contributed by atoms with Gasteiger partial charge >= 0.3 is 5.97 Å². The van der Waals surface area contributed by atoms with Crippen LogP contribution >= 0.6 is 11.6 Å². The molecule has 0 spiro atoms. The fourth-order valence-corrected chi connectivity index (χ4v) is 4.49. The van der Waals surface area contributed by atoms with E-state index in [-0.39, 0.29) is 23.0 Å². The molecule has 0 fully saturated rings. The molecule has 1 aliphatic rings. The molecule has 0 amide bonds. The summed E-state index contributed by atoms with van der Waals surface area (Å²) in [5, 5.41) is 9.63. The molecule has 0 radical (unpaired) electrons. The van der Waals surface area contributed by atoms with Crippen molar-refractivity contribution in [3.63, 3.8) is 0 Å². The Morgan fingerprint density at radius 1 is 1.47 bits per heavy atom. The van der Waals surface area contributed by atoms with Crippen molar-refractivity contribution in [3.8, 4) is 0 Å². The van der Waals surface area contributed by atoms with Gasteiger partial charge in [0.1, 0.15) is 0 Å². The second kappa shape index (κ2) is 4.49. The molecular formula is C13H15ClO4S. The summed E-state index contributed by atoms with van der Waals surface area (Å²) in [6.07, 6.45) is 0.273. The van der Waals surface area contributed by atoms with Crippen LogP contribution in [0.5, 0.6) is 0 Å². The number of hydrogen-bond acceptors (Lipinski definition) is 3. The Hall–Kier alpha value is -1.07. The number of benzene rings is 1. The fourth-order valence-electron chi connectivity index (χ4n) is 2.44. The largest absolute Gasteiger partial charge is 0.481 e. The number of rotatable bonds is 3. The highest BCUT2D eigenvalue weighted by Gasteiger charge is 2.40. The first-order chi connectivity index (χ1) is 8.63. The minimum Gasteiger partial charge on any atom is -0.481 e. The molecule has 1 aromatic carbocycles. The standard InChI is InChI=1S/C13H15ClO4S/c1-13(2,12(15)16)6-8-7-19(17,18)11-4-3-9(14)5-10(8)11/h3-5,8H,6-7H2,1-2H3,(H,15,16). The van der Waals surface area contributed by atoms with Gasteiger partial charge in [-0.2, -0.15) is 0 Å². The quantitative estimate of drug-likeness (QED) is 0.932. The summed E-state index contributed by atoms with van der Waals surface area (Å²) >= 11 is 5.90. The van der Waals surface area contributed by atoms with Crippen molar-refractivity contribution >= 4 is 27.4 Å². The SMILES string of the molecule is CC(C)(CC1CS(=O)(=O)c2ccc(Cl)cc21)C(=O)O. The summed E-state index contributed by atoms with van der Waals surface area (Å²) in [6.45, 7) is 3.20. The molecule has 6 heteroatoms. The number of aliphatic carboxylic acids is 1. The molecule has 19 heavy (non-hydrogen) atoms. The van der Waals surface area contributed by atoms with E-state index in [0.717, 1.165) is 0 Å². The van der Waals surface area contributed by atoms with Crippen LogP contribution in [0.15, 0.2) is 23.1 Å². The molecule has 1 aromatic rings. The van der Waals surface area contributed by atoms with Gasteiger partial charge in [-0.15, -0.1) is 0 Å². The van der Waals surface area contributed by atoms with Crippen LogP contribution in [0.25, 0.3) is 0 Å². The van der Waals surface area contributed by atoms with Crippen LogP contribution < -0.4 is 0 Å². The predicted molar refractivity (Wildman–Crippen MR) is 72.3 cm³/mol. The molecule has 104 valence electrons. The molecule has 0 saturated carbocycles. The van der Waals surface area contributed by atoms with Crippen molar-refractivity contribution in [3.05, 3.63) is 28.8 Å². The number of fused-ring (bicyclic) bond motifs is 1. The highest BCUT2D eigenvalue weighted by molar-refractivity contribution is 7.91. The third-order valence-electron chi connectivity index (χ3n) is 3.50. The minimum atomic E-state index is -3.32. The van der Waals surface area contributed by atoms with E-state index < -0.39 is 21.2 Å². The van der Waals surface area contributed by atoms with Crippen molar-refractivity contribution in [1.82, 2.24) is 0 Å². The summed E-state index contributed by atoms with van der Waals surface area (Å²) in [6, 6.07) is 4.67. The Kier molecular flexibility index (Phi) is 3.39. The van der Waals surface area contributed by atoms with Gasteiger partial charge in [0.15, 0.2) is 9.84 Å². The average Bonchev–Trinajstić information content (AvgIpc) is 2.49. The van der Waals surface area contributed by atoms with Crippen LogP contribution in [-0.4, -0.2) is 25.2 Å². The molecule has 1 N–H and O–H groups in total. The van der Waals surface area contributed by atoms with Gasteiger partial charge in [-0.05, 0) is 44.0 Å². The van der Waals surface area contributed by atoms with Crippen molar-refractivity contribution in [2.45, 2.75) is 31.1 Å². The Bertz CT molecular complexity index is 634. The predicted octanol–water partition coefficient (Wildman–Crippen LogP) is 2.71. The van der Waals surface area contributed by atoms with Gasteiger partial charge in [0.05, 0.1) is 16.1 Å². The van der Waals surface area contributed by atoms with Crippen LogP contribution in [0.4, 0.5) is 0 Å². The van der Waals surface area contributed by atoms with E-state index in [1.807, 2.05) is 0 Å². The number of hydrogen-bond donors (Lipinski definition) is 1. The van der Waals surface area contributed by atoms with Crippen LogP contribution in [0.1, 0.15) is 31.7 Å². The molecule has 1 atom stereocenters. The van der Waals surface area contributed by atoms with E-state index in [4.69, 9.17) is 16.7 Å². The molecule has 0 bridgehead atoms. The maximum atomic E-state index is 12.0. The molecule has 0 saturated heterocycles. The molecule has 0 aromatic heterocycles. The number of carbonyl (C=O) groups is 1. The Morgan fingerprint density at radius 2 is 2.11 bits per heavy atom. The summed E-state index contributed by atoms with van der Waals surface area (Å²) in [7, 11) is -3.32. The Balaban J connectivity index is 2.43. The van der Waals surface area contributed by atoms with Gasteiger partial charge in [0, 0.05) is 10.9 Å². The first-order valence-electron chi connectivity index (χ1n) is 5.89. The normalized spacial score (nSPS) is 21.1. The molecular weight excluding hydrogens is 288 g/mol. The molecule has 1 unspecified atom stereocenters. The Labute approximate surface area is 117 Å². The van der Waals surface area contributed by atoms with Crippen molar-refractivity contribution in [2.75, 3.05) is 5.75 Å². The van der Waals surface area contributed by atoms with Gasteiger partial charge in [0.25, 0.3) is 0 Å². The third-order valence-corrected chi connectivity index (χ3v) is 5.62. The minimum absolute atomic E-state index is 0.0423. The summed E-state index contributed by atoms with van der Waals surface area (Å²) in [5.74, 6) is -1.29.